The largest absolute Gasteiger partial charge is 0.341 e. The van der Waals surface area contributed by atoms with E-state index in [0.29, 0.717) is 5.91 Å². The number of rotatable bonds is 4. The van der Waals surface area contributed by atoms with Gasteiger partial charge >= 0.3 is 0 Å². The zero-order valence-electron chi connectivity index (χ0n) is 12.6. The summed E-state index contributed by atoms with van der Waals surface area (Å²) >= 11 is 0. The first-order chi connectivity index (χ1) is 10.3. The van der Waals surface area contributed by atoms with Crippen molar-refractivity contribution in [3.8, 4) is 0 Å². The van der Waals surface area contributed by atoms with Crippen LogP contribution >= 0.6 is 0 Å². The van der Waals surface area contributed by atoms with Gasteiger partial charge in [0.15, 0.2) is 0 Å². The average molecular weight is 284 g/mol. The van der Waals surface area contributed by atoms with Crippen LogP contribution in [0.4, 0.5) is 0 Å². The van der Waals surface area contributed by atoms with Crippen LogP contribution in [0.3, 0.4) is 0 Å². The van der Waals surface area contributed by atoms with Crippen LogP contribution in [0.1, 0.15) is 31.2 Å². The van der Waals surface area contributed by atoms with Crippen molar-refractivity contribution in [2.24, 2.45) is 11.3 Å². The van der Waals surface area contributed by atoms with E-state index in [-0.39, 0.29) is 5.41 Å². The lowest BCUT2D eigenvalue weighted by molar-refractivity contribution is -0.165. The van der Waals surface area contributed by atoms with Crippen molar-refractivity contribution in [3.05, 3.63) is 35.9 Å². The number of nitrogens with zero attached hydrogens (tertiary/aromatic N) is 2. The molecule has 2 aliphatic heterocycles. The van der Waals surface area contributed by atoms with E-state index in [4.69, 9.17) is 0 Å². The molecule has 1 spiro atoms. The molecule has 1 saturated carbocycles. The molecule has 3 nitrogen and oxygen atoms in total. The van der Waals surface area contributed by atoms with Gasteiger partial charge in [0.05, 0.1) is 5.41 Å². The van der Waals surface area contributed by atoms with E-state index >= 15 is 0 Å². The number of amides is 1. The van der Waals surface area contributed by atoms with Crippen molar-refractivity contribution < 1.29 is 4.79 Å². The fourth-order valence-corrected chi connectivity index (χ4v) is 3.86. The first-order valence-corrected chi connectivity index (χ1v) is 8.31. The summed E-state index contributed by atoms with van der Waals surface area (Å²) in [4.78, 5) is 17.1. The molecule has 0 aromatic heterocycles. The van der Waals surface area contributed by atoms with Gasteiger partial charge in [-0.15, -0.1) is 0 Å². The molecule has 3 heteroatoms. The van der Waals surface area contributed by atoms with E-state index in [2.05, 4.69) is 40.1 Å². The Morgan fingerprint density at radius 2 is 1.81 bits per heavy atom. The van der Waals surface area contributed by atoms with E-state index in [0.717, 1.165) is 51.5 Å². The Balaban J connectivity index is 1.30. The predicted octanol–water partition coefficient (Wildman–Crippen LogP) is 2.52. The van der Waals surface area contributed by atoms with Crippen molar-refractivity contribution in [2.75, 3.05) is 26.2 Å². The lowest BCUT2D eigenvalue weighted by Gasteiger charge is -2.52. The van der Waals surface area contributed by atoms with Crippen molar-refractivity contribution in [1.29, 1.82) is 0 Å². The molecule has 4 rings (SSSR count). The molecule has 1 amide bonds. The van der Waals surface area contributed by atoms with E-state index in [1.165, 1.54) is 18.4 Å². The topological polar surface area (TPSA) is 23.6 Å². The second kappa shape index (κ2) is 5.13. The van der Waals surface area contributed by atoms with Crippen LogP contribution in [0.25, 0.3) is 0 Å². The van der Waals surface area contributed by atoms with Gasteiger partial charge in [-0.1, -0.05) is 30.3 Å². The molecule has 1 aromatic carbocycles. The summed E-state index contributed by atoms with van der Waals surface area (Å²) in [6, 6.07) is 10.7. The third kappa shape index (κ3) is 2.59. The maximum atomic E-state index is 12.5. The maximum absolute atomic E-state index is 12.5. The van der Waals surface area contributed by atoms with Gasteiger partial charge in [-0.25, -0.2) is 0 Å². The van der Waals surface area contributed by atoms with Gasteiger partial charge in [-0.3, -0.25) is 9.69 Å². The number of hydrogen-bond donors (Lipinski definition) is 0. The van der Waals surface area contributed by atoms with E-state index < -0.39 is 0 Å². The highest BCUT2D eigenvalue weighted by molar-refractivity contribution is 5.89. The number of β-lactam (4-membered cyclic amide) rings is 1. The first-order valence-electron chi connectivity index (χ1n) is 8.31. The minimum Gasteiger partial charge on any atom is -0.341 e. The second-order valence-electron chi connectivity index (χ2n) is 7.17. The molecule has 1 aliphatic carbocycles. The monoisotopic (exact) mass is 284 g/mol. The zero-order valence-corrected chi connectivity index (χ0v) is 12.6. The fraction of sp³-hybridized carbons (Fsp3) is 0.611. The smallest absolute Gasteiger partial charge is 0.230 e. The molecule has 3 fully saturated rings. The van der Waals surface area contributed by atoms with Gasteiger partial charge in [0.2, 0.25) is 5.91 Å². The standard InChI is InChI=1S/C18H24N2O/c21-17-18(14-20(17)13-16-6-7-16)8-10-19(11-9-18)12-15-4-2-1-3-5-15/h1-5,16H,6-14H2. The van der Waals surface area contributed by atoms with E-state index in [9.17, 15) is 4.79 Å². The molecule has 0 atom stereocenters. The van der Waals surface area contributed by atoms with Gasteiger partial charge in [0, 0.05) is 19.6 Å². The summed E-state index contributed by atoms with van der Waals surface area (Å²) in [5.74, 6) is 1.28. The van der Waals surface area contributed by atoms with Gasteiger partial charge < -0.3 is 4.90 Å². The minimum absolute atomic E-state index is 0.0160. The van der Waals surface area contributed by atoms with Crippen molar-refractivity contribution >= 4 is 5.91 Å². The predicted molar refractivity (Wildman–Crippen MR) is 82.7 cm³/mol. The third-order valence-electron chi connectivity index (χ3n) is 5.47. The summed E-state index contributed by atoms with van der Waals surface area (Å²) in [6.07, 6.45) is 4.78. The average Bonchev–Trinajstić information content (AvgIpc) is 3.33. The molecule has 21 heavy (non-hydrogen) atoms. The summed E-state index contributed by atoms with van der Waals surface area (Å²) in [5, 5.41) is 0. The SMILES string of the molecule is O=C1N(CC2CC2)CC12CCN(Cc1ccccc1)CC2. The molecule has 0 N–H and O–H groups in total. The Morgan fingerprint density at radius 3 is 2.43 bits per heavy atom. The lowest BCUT2D eigenvalue weighted by Crippen LogP contribution is -2.64. The number of hydrogen-bond acceptors (Lipinski definition) is 2. The number of likely N-dealkylation sites (tertiary alicyclic amines) is 2. The zero-order chi connectivity index (χ0) is 14.3. The highest BCUT2D eigenvalue weighted by Gasteiger charge is 2.53. The first kappa shape index (κ1) is 13.3. The summed E-state index contributed by atoms with van der Waals surface area (Å²) < 4.78 is 0. The Labute approximate surface area is 126 Å². The van der Waals surface area contributed by atoms with Crippen molar-refractivity contribution in [3.63, 3.8) is 0 Å². The molecular weight excluding hydrogens is 260 g/mol. The highest BCUT2D eigenvalue weighted by Crippen LogP contribution is 2.44. The number of carbonyl (C=O) groups is 1. The third-order valence-corrected chi connectivity index (χ3v) is 5.47. The van der Waals surface area contributed by atoms with Crippen LogP contribution < -0.4 is 0 Å². The second-order valence-corrected chi connectivity index (χ2v) is 7.17. The lowest BCUT2D eigenvalue weighted by atomic mass is 9.71. The summed E-state index contributed by atoms with van der Waals surface area (Å²) in [6.45, 7) is 5.22. The number of benzene rings is 1. The molecule has 112 valence electrons. The van der Waals surface area contributed by atoms with Crippen LogP contribution in [0.15, 0.2) is 30.3 Å². The number of carbonyl (C=O) groups excluding carboxylic acids is 1. The minimum atomic E-state index is 0.0160. The van der Waals surface area contributed by atoms with Gasteiger partial charge in [-0.05, 0) is 50.3 Å². The fourth-order valence-electron chi connectivity index (χ4n) is 3.86. The molecule has 1 aromatic rings. The molecule has 2 saturated heterocycles. The quantitative estimate of drug-likeness (QED) is 0.793. The van der Waals surface area contributed by atoms with E-state index in [1.54, 1.807) is 0 Å². The number of piperidine rings is 1. The van der Waals surface area contributed by atoms with Gasteiger partial charge in [-0.2, -0.15) is 0 Å². The summed E-state index contributed by atoms with van der Waals surface area (Å²) in [5.41, 5.74) is 1.39. The Bertz CT molecular complexity index is 515. The highest BCUT2D eigenvalue weighted by atomic mass is 16.2. The molecule has 0 unspecified atom stereocenters. The summed E-state index contributed by atoms with van der Waals surface area (Å²) in [7, 11) is 0. The van der Waals surface area contributed by atoms with Crippen LogP contribution in [0.5, 0.6) is 0 Å². The van der Waals surface area contributed by atoms with Crippen LogP contribution in [0, 0.1) is 11.3 Å². The Kier molecular flexibility index (Phi) is 3.26. The van der Waals surface area contributed by atoms with E-state index in [1.807, 2.05) is 0 Å². The van der Waals surface area contributed by atoms with Gasteiger partial charge in [0.1, 0.15) is 0 Å². The molecular formula is C18H24N2O. The molecule has 2 heterocycles. The van der Waals surface area contributed by atoms with Crippen molar-refractivity contribution in [2.45, 2.75) is 32.2 Å². The van der Waals surface area contributed by atoms with Crippen LogP contribution in [0.2, 0.25) is 0 Å². The molecule has 0 radical (unpaired) electrons. The van der Waals surface area contributed by atoms with Crippen molar-refractivity contribution in [1.82, 2.24) is 9.80 Å². The maximum Gasteiger partial charge on any atom is 0.230 e. The van der Waals surface area contributed by atoms with Crippen LogP contribution in [-0.4, -0.2) is 41.9 Å². The molecule has 3 aliphatic rings. The molecule has 0 bridgehead atoms. The van der Waals surface area contributed by atoms with Crippen LogP contribution in [-0.2, 0) is 11.3 Å². The Hall–Kier alpha value is -1.35. The van der Waals surface area contributed by atoms with Gasteiger partial charge in [0.25, 0.3) is 0 Å². The Morgan fingerprint density at radius 1 is 1.10 bits per heavy atom. The normalized spacial score (nSPS) is 25.1.